The van der Waals surface area contributed by atoms with E-state index in [1.165, 1.54) is 32.1 Å². The molecule has 6 nitrogen and oxygen atoms in total. The summed E-state index contributed by atoms with van der Waals surface area (Å²) in [6.07, 6.45) is 9.05. The zero-order valence-corrected chi connectivity index (χ0v) is 14.4. The summed E-state index contributed by atoms with van der Waals surface area (Å²) in [5, 5.41) is 12.0. The summed E-state index contributed by atoms with van der Waals surface area (Å²) in [5.41, 5.74) is 4.32. The van der Waals surface area contributed by atoms with Gasteiger partial charge in [0.2, 0.25) is 0 Å². The Morgan fingerprint density at radius 1 is 1.42 bits per heavy atom. The maximum atomic E-state index is 11.5. The molecular formula is C18H28N4O2. The lowest BCUT2D eigenvalue weighted by molar-refractivity contribution is 0.0440. The van der Waals surface area contributed by atoms with Crippen LogP contribution in [0.2, 0.25) is 0 Å². The molecule has 1 aliphatic carbocycles. The minimum atomic E-state index is -0.492. The number of aromatic nitrogens is 1. The monoisotopic (exact) mass is 332 g/mol. The molecule has 132 valence electrons. The molecule has 0 saturated heterocycles. The van der Waals surface area contributed by atoms with Crippen molar-refractivity contribution in [2.75, 3.05) is 20.1 Å². The molecule has 0 aromatic carbocycles. The fourth-order valence-corrected chi connectivity index (χ4v) is 3.98. The third kappa shape index (κ3) is 3.77. The second-order valence-corrected chi connectivity index (χ2v) is 7.00. The topological polar surface area (TPSA) is 77.5 Å². The standard InChI is InChI=1S/C18H28N4O2/c1-19-8-3-2-4-13-5-6-17(13)22-9-7-14-10-15(18(23)21-24)11-20-16(14)12-22/h10-11,13,17,19,24H,2-9,12H2,1H3,(H,21,23). The predicted molar refractivity (Wildman–Crippen MR) is 91.9 cm³/mol. The van der Waals surface area contributed by atoms with Gasteiger partial charge in [-0.2, -0.15) is 0 Å². The van der Waals surface area contributed by atoms with Crippen LogP contribution in [-0.4, -0.2) is 47.2 Å². The van der Waals surface area contributed by atoms with E-state index in [2.05, 4.69) is 15.2 Å². The third-order valence-corrected chi connectivity index (χ3v) is 5.54. The van der Waals surface area contributed by atoms with Crippen molar-refractivity contribution in [1.82, 2.24) is 20.7 Å². The van der Waals surface area contributed by atoms with Gasteiger partial charge in [0.25, 0.3) is 5.91 Å². The molecule has 3 N–H and O–H groups in total. The molecule has 1 saturated carbocycles. The zero-order valence-electron chi connectivity index (χ0n) is 14.4. The van der Waals surface area contributed by atoms with Gasteiger partial charge in [0.05, 0.1) is 11.3 Å². The average molecular weight is 332 g/mol. The predicted octanol–water partition coefficient (Wildman–Crippen LogP) is 1.73. The maximum Gasteiger partial charge on any atom is 0.276 e. The highest BCUT2D eigenvalue weighted by atomic mass is 16.5. The number of hydrogen-bond donors (Lipinski definition) is 3. The van der Waals surface area contributed by atoms with Gasteiger partial charge in [-0.25, -0.2) is 5.48 Å². The molecule has 3 rings (SSSR count). The first-order valence-electron chi connectivity index (χ1n) is 9.03. The summed E-state index contributed by atoms with van der Waals surface area (Å²) >= 11 is 0. The van der Waals surface area contributed by atoms with Crippen LogP contribution in [0.4, 0.5) is 0 Å². The molecule has 2 atom stereocenters. The van der Waals surface area contributed by atoms with E-state index in [4.69, 9.17) is 5.21 Å². The number of rotatable bonds is 7. The smallest absolute Gasteiger partial charge is 0.276 e. The molecule has 1 aliphatic heterocycles. The Hall–Kier alpha value is -1.50. The van der Waals surface area contributed by atoms with Gasteiger partial charge in [-0.3, -0.25) is 19.9 Å². The normalized spacial score (nSPS) is 23.4. The number of carbonyl (C=O) groups excluding carboxylic acids is 1. The van der Waals surface area contributed by atoms with E-state index in [0.29, 0.717) is 11.6 Å². The van der Waals surface area contributed by atoms with Gasteiger partial charge in [0.15, 0.2) is 0 Å². The summed E-state index contributed by atoms with van der Waals surface area (Å²) < 4.78 is 0. The molecule has 6 heteroatoms. The molecule has 0 bridgehead atoms. The lowest BCUT2D eigenvalue weighted by Gasteiger charge is -2.46. The number of carbonyl (C=O) groups is 1. The second-order valence-electron chi connectivity index (χ2n) is 7.00. The van der Waals surface area contributed by atoms with Crippen LogP contribution in [0.3, 0.4) is 0 Å². The van der Waals surface area contributed by atoms with Crippen molar-refractivity contribution in [3.8, 4) is 0 Å². The number of hydroxylamine groups is 1. The highest BCUT2D eigenvalue weighted by Gasteiger charge is 2.36. The van der Waals surface area contributed by atoms with E-state index < -0.39 is 5.91 Å². The first-order valence-corrected chi connectivity index (χ1v) is 9.03. The van der Waals surface area contributed by atoms with E-state index in [1.54, 1.807) is 11.7 Å². The number of pyridine rings is 1. The fraction of sp³-hybridized carbons (Fsp3) is 0.667. The highest BCUT2D eigenvalue weighted by Crippen LogP contribution is 2.37. The van der Waals surface area contributed by atoms with E-state index in [1.807, 2.05) is 13.1 Å². The van der Waals surface area contributed by atoms with Gasteiger partial charge in [-0.1, -0.05) is 6.42 Å². The van der Waals surface area contributed by atoms with Gasteiger partial charge < -0.3 is 5.32 Å². The molecule has 2 heterocycles. The molecule has 1 fully saturated rings. The minimum Gasteiger partial charge on any atom is -0.320 e. The average Bonchev–Trinajstić information content (AvgIpc) is 2.59. The fourth-order valence-electron chi connectivity index (χ4n) is 3.98. The molecule has 2 aliphatic rings. The third-order valence-electron chi connectivity index (χ3n) is 5.54. The van der Waals surface area contributed by atoms with Gasteiger partial charge >= 0.3 is 0 Å². The first kappa shape index (κ1) is 17.3. The van der Waals surface area contributed by atoms with Gasteiger partial charge in [0.1, 0.15) is 0 Å². The summed E-state index contributed by atoms with van der Waals surface area (Å²) in [5.74, 6) is 0.344. The van der Waals surface area contributed by atoms with Crippen molar-refractivity contribution in [3.63, 3.8) is 0 Å². The highest BCUT2D eigenvalue weighted by molar-refractivity contribution is 5.93. The lowest BCUT2D eigenvalue weighted by Crippen LogP contribution is -2.49. The molecule has 0 spiro atoms. The molecule has 1 aromatic heterocycles. The Morgan fingerprint density at radius 3 is 3.00 bits per heavy atom. The Kier molecular flexibility index (Phi) is 5.81. The van der Waals surface area contributed by atoms with E-state index >= 15 is 0 Å². The van der Waals surface area contributed by atoms with Gasteiger partial charge in [-0.15, -0.1) is 0 Å². The molecule has 24 heavy (non-hydrogen) atoms. The van der Waals surface area contributed by atoms with Crippen molar-refractivity contribution < 1.29 is 10.0 Å². The van der Waals surface area contributed by atoms with E-state index in [9.17, 15) is 4.79 Å². The number of fused-ring (bicyclic) bond motifs is 1. The van der Waals surface area contributed by atoms with Crippen LogP contribution in [0.25, 0.3) is 0 Å². The van der Waals surface area contributed by atoms with Crippen LogP contribution in [0.5, 0.6) is 0 Å². The van der Waals surface area contributed by atoms with Crippen molar-refractivity contribution >= 4 is 5.91 Å². The zero-order chi connectivity index (χ0) is 16.9. The minimum absolute atomic E-state index is 0.427. The molecule has 0 radical (unpaired) electrons. The van der Waals surface area contributed by atoms with Crippen LogP contribution in [-0.2, 0) is 13.0 Å². The van der Waals surface area contributed by atoms with Crippen molar-refractivity contribution in [2.24, 2.45) is 5.92 Å². The maximum absolute atomic E-state index is 11.5. The van der Waals surface area contributed by atoms with Crippen LogP contribution < -0.4 is 10.8 Å². The van der Waals surface area contributed by atoms with Gasteiger partial charge in [0, 0.05) is 25.3 Å². The summed E-state index contributed by atoms with van der Waals surface area (Å²) in [6, 6.07) is 2.57. The largest absolute Gasteiger partial charge is 0.320 e. The number of unbranched alkanes of at least 4 members (excludes halogenated alkanes) is 1. The van der Waals surface area contributed by atoms with Crippen LogP contribution in [0, 0.1) is 5.92 Å². The van der Waals surface area contributed by atoms with Crippen LogP contribution in [0.15, 0.2) is 12.3 Å². The number of hydrogen-bond acceptors (Lipinski definition) is 5. The number of nitrogens with zero attached hydrogens (tertiary/aromatic N) is 2. The van der Waals surface area contributed by atoms with Crippen molar-refractivity contribution in [3.05, 3.63) is 29.1 Å². The first-order chi connectivity index (χ1) is 11.7. The number of amides is 1. The molecule has 2 unspecified atom stereocenters. The molecular weight excluding hydrogens is 304 g/mol. The van der Waals surface area contributed by atoms with Crippen LogP contribution >= 0.6 is 0 Å². The molecule has 1 aromatic rings. The Bertz CT molecular complexity index is 578. The second kappa shape index (κ2) is 8.05. The Balaban J connectivity index is 1.56. The Labute approximate surface area is 143 Å². The Morgan fingerprint density at radius 2 is 2.29 bits per heavy atom. The SMILES string of the molecule is CNCCCCC1CCC1N1CCc2cc(C(=O)NO)cnc2C1. The van der Waals surface area contributed by atoms with E-state index in [-0.39, 0.29) is 0 Å². The van der Waals surface area contributed by atoms with E-state index in [0.717, 1.165) is 43.2 Å². The van der Waals surface area contributed by atoms with Crippen molar-refractivity contribution in [2.45, 2.75) is 51.1 Å². The lowest BCUT2D eigenvalue weighted by atomic mass is 9.75. The number of nitrogens with one attached hydrogen (secondary N) is 2. The quantitative estimate of drug-likeness (QED) is 0.403. The summed E-state index contributed by atoms with van der Waals surface area (Å²) in [6.45, 7) is 3.03. The van der Waals surface area contributed by atoms with Crippen LogP contribution in [0.1, 0.15) is 53.7 Å². The summed E-state index contributed by atoms with van der Waals surface area (Å²) in [4.78, 5) is 18.5. The molecule has 1 amide bonds. The van der Waals surface area contributed by atoms with Crippen molar-refractivity contribution in [1.29, 1.82) is 0 Å². The van der Waals surface area contributed by atoms with Gasteiger partial charge in [-0.05, 0) is 63.2 Å². The summed E-state index contributed by atoms with van der Waals surface area (Å²) in [7, 11) is 2.01.